The Labute approximate surface area is 123 Å². The Balaban J connectivity index is 2.21. The number of nitrogens with zero attached hydrogens (tertiary/aromatic N) is 2. The van der Waals surface area contributed by atoms with Crippen LogP contribution in [0, 0.1) is 5.82 Å². The van der Waals surface area contributed by atoms with E-state index in [9.17, 15) is 4.39 Å². The molecule has 0 radical (unpaired) electrons. The zero-order chi connectivity index (χ0) is 14.8. The maximum absolute atomic E-state index is 14.0. The van der Waals surface area contributed by atoms with Gasteiger partial charge in [-0.3, -0.25) is 0 Å². The number of benzene rings is 2. The topological polar surface area (TPSA) is 29.9 Å². The van der Waals surface area contributed by atoms with Crippen molar-refractivity contribution in [2.24, 2.45) is 7.05 Å². The standard InChI is InChI=1S/C17H18FN3/c1-3-19-16(17-20-10-11-21(17)2)14-8-9-15(18)13-7-5-4-6-12(13)14/h4-11,16,19H,3H2,1-2H3. The first kappa shape index (κ1) is 13.8. The second-order valence-corrected chi connectivity index (χ2v) is 5.07. The summed E-state index contributed by atoms with van der Waals surface area (Å²) in [6, 6.07) is 10.9. The zero-order valence-corrected chi connectivity index (χ0v) is 12.2. The largest absolute Gasteiger partial charge is 0.336 e. The molecule has 0 bridgehead atoms. The van der Waals surface area contributed by atoms with Gasteiger partial charge in [-0.25, -0.2) is 9.37 Å². The SMILES string of the molecule is CCNC(c1ccc(F)c2ccccc12)c1nccn1C. The van der Waals surface area contributed by atoms with Crippen molar-refractivity contribution in [3.63, 3.8) is 0 Å². The third-order valence-corrected chi connectivity index (χ3v) is 3.74. The average Bonchev–Trinajstić information content (AvgIpc) is 2.92. The predicted molar refractivity (Wildman–Crippen MR) is 82.6 cm³/mol. The fourth-order valence-corrected chi connectivity index (χ4v) is 2.74. The van der Waals surface area contributed by atoms with Gasteiger partial charge >= 0.3 is 0 Å². The average molecular weight is 283 g/mol. The van der Waals surface area contributed by atoms with E-state index in [2.05, 4.69) is 17.2 Å². The summed E-state index contributed by atoms with van der Waals surface area (Å²) >= 11 is 0. The van der Waals surface area contributed by atoms with Crippen LogP contribution in [0.3, 0.4) is 0 Å². The van der Waals surface area contributed by atoms with Crippen molar-refractivity contribution in [1.82, 2.24) is 14.9 Å². The second-order valence-electron chi connectivity index (χ2n) is 5.07. The van der Waals surface area contributed by atoms with Gasteiger partial charge in [0.25, 0.3) is 0 Å². The molecule has 0 fully saturated rings. The van der Waals surface area contributed by atoms with E-state index in [4.69, 9.17) is 0 Å². The zero-order valence-electron chi connectivity index (χ0n) is 12.2. The van der Waals surface area contributed by atoms with Gasteiger partial charge in [-0.2, -0.15) is 0 Å². The fourth-order valence-electron chi connectivity index (χ4n) is 2.74. The molecule has 3 rings (SSSR count). The smallest absolute Gasteiger partial charge is 0.131 e. The number of aromatic nitrogens is 2. The molecular formula is C17H18FN3. The highest BCUT2D eigenvalue weighted by Crippen LogP contribution is 2.29. The minimum Gasteiger partial charge on any atom is -0.336 e. The summed E-state index contributed by atoms with van der Waals surface area (Å²) < 4.78 is 16.0. The van der Waals surface area contributed by atoms with Crippen LogP contribution in [0.15, 0.2) is 48.8 Å². The van der Waals surface area contributed by atoms with E-state index in [0.717, 1.165) is 23.3 Å². The van der Waals surface area contributed by atoms with Crippen LogP contribution in [0.2, 0.25) is 0 Å². The molecule has 1 heterocycles. The molecule has 21 heavy (non-hydrogen) atoms. The maximum Gasteiger partial charge on any atom is 0.131 e. The van der Waals surface area contributed by atoms with E-state index < -0.39 is 0 Å². The Morgan fingerprint density at radius 1 is 1.19 bits per heavy atom. The van der Waals surface area contributed by atoms with Crippen molar-refractivity contribution in [3.8, 4) is 0 Å². The molecule has 1 unspecified atom stereocenters. The van der Waals surface area contributed by atoms with Crippen LogP contribution in [0.5, 0.6) is 0 Å². The number of hydrogen-bond acceptors (Lipinski definition) is 2. The summed E-state index contributed by atoms with van der Waals surface area (Å²) in [5.41, 5.74) is 1.04. The number of fused-ring (bicyclic) bond motifs is 1. The van der Waals surface area contributed by atoms with Crippen LogP contribution >= 0.6 is 0 Å². The van der Waals surface area contributed by atoms with Gasteiger partial charge in [-0.05, 0) is 23.6 Å². The maximum atomic E-state index is 14.0. The van der Waals surface area contributed by atoms with Crippen LogP contribution in [-0.2, 0) is 7.05 Å². The lowest BCUT2D eigenvalue weighted by atomic mass is 9.97. The highest BCUT2D eigenvalue weighted by atomic mass is 19.1. The Morgan fingerprint density at radius 2 is 1.95 bits per heavy atom. The molecule has 1 N–H and O–H groups in total. The quantitative estimate of drug-likeness (QED) is 0.795. The monoisotopic (exact) mass is 283 g/mol. The van der Waals surface area contributed by atoms with Crippen molar-refractivity contribution in [3.05, 3.63) is 66.0 Å². The lowest BCUT2D eigenvalue weighted by molar-refractivity contribution is 0.578. The van der Waals surface area contributed by atoms with Gasteiger partial charge < -0.3 is 9.88 Å². The Hall–Kier alpha value is -2.20. The van der Waals surface area contributed by atoms with Gasteiger partial charge in [0, 0.05) is 24.8 Å². The normalized spacial score (nSPS) is 12.7. The number of nitrogens with one attached hydrogen (secondary N) is 1. The van der Waals surface area contributed by atoms with Crippen molar-refractivity contribution >= 4 is 10.8 Å². The molecule has 0 aliphatic rings. The molecule has 3 aromatic rings. The van der Waals surface area contributed by atoms with Crippen molar-refractivity contribution in [1.29, 1.82) is 0 Å². The molecule has 0 saturated heterocycles. The Morgan fingerprint density at radius 3 is 2.62 bits per heavy atom. The molecular weight excluding hydrogens is 265 g/mol. The number of hydrogen-bond donors (Lipinski definition) is 1. The van der Waals surface area contributed by atoms with Crippen molar-refractivity contribution in [2.75, 3.05) is 6.54 Å². The summed E-state index contributed by atoms with van der Waals surface area (Å²) in [4.78, 5) is 4.45. The van der Waals surface area contributed by atoms with E-state index >= 15 is 0 Å². The van der Waals surface area contributed by atoms with Crippen LogP contribution < -0.4 is 5.32 Å². The van der Waals surface area contributed by atoms with Crippen LogP contribution in [-0.4, -0.2) is 16.1 Å². The van der Waals surface area contributed by atoms with Gasteiger partial charge in [0.15, 0.2) is 0 Å². The molecule has 0 aliphatic carbocycles. The molecule has 4 heteroatoms. The summed E-state index contributed by atoms with van der Waals surface area (Å²) in [5.74, 6) is 0.734. The molecule has 0 saturated carbocycles. The predicted octanol–water partition coefficient (Wildman–Crippen LogP) is 3.41. The number of aryl methyl sites for hydroxylation is 1. The minimum absolute atomic E-state index is 0.0551. The van der Waals surface area contributed by atoms with E-state index in [1.165, 1.54) is 6.07 Å². The first-order valence-corrected chi connectivity index (χ1v) is 7.10. The van der Waals surface area contributed by atoms with Gasteiger partial charge in [0.2, 0.25) is 0 Å². The van der Waals surface area contributed by atoms with Gasteiger partial charge in [0.1, 0.15) is 11.6 Å². The van der Waals surface area contributed by atoms with Crippen molar-refractivity contribution in [2.45, 2.75) is 13.0 Å². The van der Waals surface area contributed by atoms with E-state index in [1.54, 1.807) is 6.20 Å². The molecule has 3 nitrogen and oxygen atoms in total. The highest BCUT2D eigenvalue weighted by molar-refractivity contribution is 5.87. The third kappa shape index (κ3) is 2.43. The molecule has 0 spiro atoms. The summed E-state index contributed by atoms with van der Waals surface area (Å²) in [7, 11) is 1.97. The third-order valence-electron chi connectivity index (χ3n) is 3.74. The summed E-state index contributed by atoms with van der Waals surface area (Å²) in [5, 5.41) is 5.02. The molecule has 1 atom stereocenters. The van der Waals surface area contributed by atoms with Gasteiger partial charge in [-0.15, -0.1) is 0 Å². The van der Waals surface area contributed by atoms with E-state index in [1.807, 2.05) is 48.1 Å². The van der Waals surface area contributed by atoms with Gasteiger partial charge in [-0.1, -0.05) is 37.3 Å². The lowest BCUT2D eigenvalue weighted by Crippen LogP contribution is -2.25. The van der Waals surface area contributed by atoms with E-state index in [-0.39, 0.29) is 11.9 Å². The number of rotatable bonds is 4. The van der Waals surface area contributed by atoms with E-state index in [0.29, 0.717) is 5.39 Å². The van der Waals surface area contributed by atoms with Gasteiger partial charge in [0.05, 0.1) is 6.04 Å². The Bertz CT molecular complexity index is 764. The number of imidazole rings is 1. The first-order valence-electron chi connectivity index (χ1n) is 7.10. The molecule has 0 amide bonds. The summed E-state index contributed by atoms with van der Waals surface area (Å²) in [6.45, 7) is 2.87. The Kier molecular flexibility index (Phi) is 3.71. The minimum atomic E-state index is -0.190. The molecule has 108 valence electrons. The first-order chi connectivity index (χ1) is 10.2. The fraction of sp³-hybridized carbons (Fsp3) is 0.235. The number of halogens is 1. The van der Waals surface area contributed by atoms with Crippen LogP contribution in [0.25, 0.3) is 10.8 Å². The van der Waals surface area contributed by atoms with Crippen LogP contribution in [0.1, 0.15) is 24.4 Å². The molecule has 2 aromatic carbocycles. The highest BCUT2D eigenvalue weighted by Gasteiger charge is 2.20. The summed E-state index contributed by atoms with van der Waals surface area (Å²) in [6.07, 6.45) is 3.71. The van der Waals surface area contributed by atoms with Crippen LogP contribution in [0.4, 0.5) is 4.39 Å². The molecule has 0 aliphatic heterocycles. The second kappa shape index (κ2) is 5.66. The van der Waals surface area contributed by atoms with Crippen molar-refractivity contribution < 1.29 is 4.39 Å². The molecule has 1 aromatic heterocycles. The lowest BCUT2D eigenvalue weighted by Gasteiger charge is -2.20.